The molecule has 1 atom stereocenters. The summed E-state index contributed by atoms with van der Waals surface area (Å²) in [7, 11) is 0. The lowest BCUT2D eigenvalue weighted by atomic mass is 10.1. The van der Waals surface area contributed by atoms with Gasteiger partial charge in [-0.15, -0.1) is 0 Å². The number of anilines is 1. The van der Waals surface area contributed by atoms with Crippen molar-refractivity contribution in [1.82, 2.24) is 5.32 Å². The number of benzene rings is 2. The Morgan fingerprint density at radius 3 is 2.45 bits per heavy atom. The Balaban J connectivity index is 1.74. The van der Waals surface area contributed by atoms with E-state index in [-0.39, 0.29) is 12.1 Å². The summed E-state index contributed by atoms with van der Waals surface area (Å²) in [6.45, 7) is 3.92. The molecule has 3 aromatic rings. The largest absolute Gasteiger partial charge is 0.459 e. The summed E-state index contributed by atoms with van der Waals surface area (Å²) in [5.74, 6) is 0.782. The first-order valence-electron chi connectivity index (χ1n) is 7.26. The van der Waals surface area contributed by atoms with Crippen LogP contribution in [0.1, 0.15) is 24.3 Å². The summed E-state index contributed by atoms with van der Waals surface area (Å²) in [5, 5.41) is 6.79. The second-order valence-electron chi connectivity index (χ2n) is 5.27. The smallest absolute Gasteiger partial charge is 0.319 e. The topological polar surface area (TPSA) is 54.3 Å². The van der Waals surface area contributed by atoms with Gasteiger partial charge in [0.25, 0.3) is 0 Å². The van der Waals surface area contributed by atoms with Gasteiger partial charge in [-0.1, -0.05) is 36.4 Å². The number of urea groups is 1. The van der Waals surface area contributed by atoms with Gasteiger partial charge >= 0.3 is 6.03 Å². The minimum atomic E-state index is -0.251. The standard InChI is InChI=1S/C18H18N2O2/c1-12-15-10-6-7-11-16(15)22-17(12)13(2)19-18(21)20-14-8-4-3-5-9-14/h3-11,13H,1-2H3,(H2,19,20,21)/t13-/m1/s1. The number of nitrogens with one attached hydrogen (secondary N) is 2. The fourth-order valence-electron chi connectivity index (χ4n) is 2.56. The number of carbonyl (C=O) groups excluding carboxylic acids is 1. The average Bonchev–Trinajstić information content (AvgIpc) is 2.86. The summed E-state index contributed by atoms with van der Waals surface area (Å²) >= 11 is 0. The molecular weight excluding hydrogens is 276 g/mol. The third-order valence-electron chi connectivity index (χ3n) is 3.65. The molecule has 4 nitrogen and oxygen atoms in total. The minimum absolute atomic E-state index is 0.212. The van der Waals surface area contributed by atoms with Crippen LogP contribution in [0.25, 0.3) is 11.0 Å². The highest BCUT2D eigenvalue weighted by Gasteiger charge is 2.18. The third-order valence-corrected chi connectivity index (χ3v) is 3.65. The second-order valence-corrected chi connectivity index (χ2v) is 5.27. The first-order chi connectivity index (χ1) is 10.6. The molecule has 1 heterocycles. The van der Waals surface area contributed by atoms with Crippen LogP contribution in [0.5, 0.6) is 0 Å². The van der Waals surface area contributed by atoms with E-state index in [0.29, 0.717) is 0 Å². The van der Waals surface area contributed by atoms with Crippen molar-refractivity contribution in [2.45, 2.75) is 19.9 Å². The summed E-state index contributed by atoms with van der Waals surface area (Å²) < 4.78 is 5.87. The van der Waals surface area contributed by atoms with E-state index in [2.05, 4.69) is 10.6 Å². The molecule has 0 spiro atoms. The van der Waals surface area contributed by atoms with Crippen molar-refractivity contribution in [2.24, 2.45) is 0 Å². The van der Waals surface area contributed by atoms with E-state index in [1.54, 1.807) is 0 Å². The van der Waals surface area contributed by atoms with Crippen molar-refractivity contribution in [1.29, 1.82) is 0 Å². The maximum Gasteiger partial charge on any atom is 0.319 e. The zero-order valence-corrected chi connectivity index (χ0v) is 12.6. The second kappa shape index (κ2) is 5.93. The molecule has 4 heteroatoms. The zero-order valence-electron chi connectivity index (χ0n) is 12.6. The lowest BCUT2D eigenvalue weighted by molar-refractivity contribution is 0.248. The Morgan fingerprint density at radius 2 is 1.73 bits per heavy atom. The van der Waals surface area contributed by atoms with Crippen LogP contribution in [0, 0.1) is 6.92 Å². The van der Waals surface area contributed by atoms with Crippen LogP contribution < -0.4 is 10.6 Å². The van der Waals surface area contributed by atoms with E-state index < -0.39 is 0 Å². The van der Waals surface area contributed by atoms with E-state index in [1.807, 2.05) is 68.4 Å². The molecule has 0 aliphatic carbocycles. The van der Waals surface area contributed by atoms with Crippen LogP contribution >= 0.6 is 0 Å². The fourth-order valence-corrected chi connectivity index (χ4v) is 2.56. The van der Waals surface area contributed by atoms with Crippen LogP contribution in [-0.2, 0) is 0 Å². The molecule has 0 fully saturated rings. The van der Waals surface area contributed by atoms with Gasteiger partial charge in [-0.25, -0.2) is 4.79 Å². The van der Waals surface area contributed by atoms with Gasteiger partial charge < -0.3 is 15.1 Å². The minimum Gasteiger partial charge on any atom is -0.459 e. The lowest BCUT2D eigenvalue weighted by Gasteiger charge is -2.13. The molecule has 2 amide bonds. The predicted molar refractivity (Wildman–Crippen MR) is 88.0 cm³/mol. The number of aryl methyl sites for hydroxylation is 1. The van der Waals surface area contributed by atoms with Crippen LogP contribution in [0.4, 0.5) is 10.5 Å². The van der Waals surface area contributed by atoms with Gasteiger partial charge in [0.2, 0.25) is 0 Å². The normalized spacial score (nSPS) is 12.1. The Labute approximate surface area is 129 Å². The zero-order chi connectivity index (χ0) is 15.5. The monoisotopic (exact) mass is 294 g/mol. The molecule has 0 aliphatic heterocycles. The van der Waals surface area contributed by atoms with Gasteiger partial charge in [0, 0.05) is 16.6 Å². The number of para-hydroxylation sites is 2. The van der Waals surface area contributed by atoms with Gasteiger partial charge in [0.05, 0.1) is 6.04 Å². The number of hydrogen-bond donors (Lipinski definition) is 2. The molecule has 0 unspecified atom stereocenters. The summed E-state index contributed by atoms with van der Waals surface area (Å²) in [6, 6.07) is 16.8. The van der Waals surface area contributed by atoms with Crippen molar-refractivity contribution in [2.75, 3.05) is 5.32 Å². The number of carbonyl (C=O) groups is 1. The van der Waals surface area contributed by atoms with Gasteiger partial charge in [0.1, 0.15) is 11.3 Å². The molecule has 2 N–H and O–H groups in total. The van der Waals surface area contributed by atoms with Gasteiger partial charge in [0.15, 0.2) is 0 Å². The molecule has 22 heavy (non-hydrogen) atoms. The molecule has 0 saturated carbocycles. The van der Waals surface area contributed by atoms with Crippen LogP contribution in [-0.4, -0.2) is 6.03 Å². The third kappa shape index (κ3) is 2.81. The summed E-state index contributed by atoms with van der Waals surface area (Å²) in [4.78, 5) is 12.1. The molecule has 0 bridgehead atoms. The molecule has 3 rings (SSSR count). The maximum atomic E-state index is 12.1. The van der Waals surface area contributed by atoms with Crippen LogP contribution in [0.2, 0.25) is 0 Å². The molecular formula is C18H18N2O2. The van der Waals surface area contributed by atoms with Crippen LogP contribution in [0.15, 0.2) is 59.0 Å². The Bertz CT molecular complexity index is 793. The number of fused-ring (bicyclic) bond motifs is 1. The molecule has 1 aromatic heterocycles. The Hall–Kier alpha value is -2.75. The molecule has 112 valence electrons. The fraction of sp³-hybridized carbons (Fsp3) is 0.167. The highest BCUT2D eigenvalue weighted by Crippen LogP contribution is 2.29. The van der Waals surface area contributed by atoms with E-state index >= 15 is 0 Å². The number of hydrogen-bond acceptors (Lipinski definition) is 2. The Kier molecular flexibility index (Phi) is 3.83. The summed E-state index contributed by atoms with van der Waals surface area (Å²) in [5.41, 5.74) is 2.66. The predicted octanol–water partition coefficient (Wildman–Crippen LogP) is 4.62. The lowest BCUT2D eigenvalue weighted by Crippen LogP contribution is -2.31. The average molecular weight is 294 g/mol. The van der Waals surface area contributed by atoms with Gasteiger partial charge in [-0.3, -0.25) is 0 Å². The van der Waals surface area contributed by atoms with Gasteiger partial charge in [-0.05, 0) is 32.0 Å². The number of rotatable bonds is 3. The van der Waals surface area contributed by atoms with Gasteiger partial charge in [-0.2, -0.15) is 0 Å². The van der Waals surface area contributed by atoms with E-state index in [0.717, 1.165) is 28.0 Å². The number of amides is 2. The molecule has 2 aromatic carbocycles. The van der Waals surface area contributed by atoms with Crippen molar-refractivity contribution >= 4 is 22.7 Å². The van der Waals surface area contributed by atoms with Crippen molar-refractivity contribution in [3.8, 4) is 0 Å². The maximum absolute atomic E-state index is 12.1. The van der Waals surface area contributed by atoms with Crippen molar-refractivity contribution in [3.05, 3.63) is 65.9 Å². The highest BCUT2D eigenvalue weighted by molar-refractivity contribution is 5.89. The molecule has 0 radical (unpaired) electrons. The Morgan fingerprint density at radius 1 is 1.05 bits per heavy atom. The first-order valence-corrected chi connectivity index (χ1v) is 7.26. The van der Waals surface area contributed by atoms with E-state index in [4.69, 9.17) is 4.42 Å². The number of furan rings is 1. The highest BCUT2D eigenvalue weighted by atomic mass is 16.3. The van der Waals surface area contributed by atoms with Crippen LogP contribution in [0.3, 0.4) is 0 Å². The van der Waals surface area contributed by atoms with E-state index in [9.17, 15) is 4.79 Å². The molecule has 0 saturated heterocycles. The SMILES string of the molecule is Cc1c([C@@H](C)NC(=O)Nc2ccccc2)oc2ccccc12. The molecule has 0 aliphatic rings. The summed E-state index contributed by atoms with van der Waals surface area (Å²) in [6.07, 6.45) is 0. The quantitative estimate of drug-likeness (QED) is 0.740. The van der Waals surface area contributed by atoms with E-state index in [1.165, 1.54) is 0 Å². The first kappa shape index (κ1) is 14.2. The van der Waals surface area contributed by atoms with Crippen molar-refractivity contribution in [3.63, 3.8) is 0 Å². The van der Waals surface area contributed by atoms with Crippen molar-refractivity contribution < 1.29 is 9.21 Å².